The number of nitrogens with one attached hydrogen (secondary N) is 1. The minimum Gasteiger partial charge on any atom is -0.379 e. The number of nitrogens with zero attached hydrogens (tertiary/aromatic N) is 3. The standard InChI is InChI=1S/C24H30N4O4S/c1-5-8-28-18(3)13-20(19(28)4)14-21(16-25)24(29)26-22-7-6-17(2)23(15-22)33(30,31)27-9-11-32-12-10-27/h6-7,13-15H,5,8-12H2,1-4H3,(H,26,29)/b21-14+. The molecule has 1 N–H and O–H groups in total. The Labute approximate surface area is 195 Å². The molecule has 1 aromatic heterocycles. The van der Waals surface area contributed by atoms with E-state index in [1.54, 1.807) is 25.1 Å². The maximum atomic E-state index is 13.1. The highest BCUT2D eigenvalue weighted by Gasteiger charge is 2.28. The number of amides is 1. The molecule has 33 heavy (non-hydrogen) atoms. The van der Waals surface area contributed by atoms with Gasteiger partial charge in [-0.3, -0.25) is 4.79 Å². The number of carbonyl (C=O) groups is 1. The largest absolute Gasteiger partial charge is 0.379 e. The molecular weight excluding hydrogens is 440 g/mol. The third-order valence-electron chi connectivity index (χ3n) is 5.76. The van der Waals surface area contributed by atoms with Gasteiger partial charge in [0, 0.05) is 36.7 Å². The molecule has 0 radical (unpaired) electrons. The monoisotopic (exact) mass is 470 g/mol. The first kappa shape index (κ1) is 24.7. The van der Waals surface area contributed by atoms with Gasteiger partial charge in [0.2, 0.25) is 10.0 Å². The van der Waals surface area contributed by atoms with Gasteiger partial charge in [-0.25, -0.2) is 8.42 Å². The highest BCUT2D eigenvalue weighted by molar-refractivity contribution is 7.89. The van der Waals surface area contributed by atoms with Gasteiger partial charge in [-0.2, -0.15) is 9.57 Å². The van der Waals surface area contributed by atoms with Crippen LogP contribution in [-0.2, 0) is 26.1 Å². The highest BCUT2D eigenvalue weighted by Crippen LogP contribution is 2.25. The molecule has 1 fully saturated rings. The number of ether oxygens (including phenoxy) is 1. The zero-order valence-electron chi connectivity index (χ0n) is 19.5. The zero-order valence-corrected chi connectivity index (χ0v) is 20.3. The normalized spacial score (nSPS) is 15.3. The molecule has 1 aromatic carbocycles. The lowest BCUT2D eigenvalue weighted by atomic mass is 10.1. The summed E-state index contributed by atoms with van der Waals surface area (Å²) in [5.74, 6) is -0.587. The Morgan fingerprint density at radius 3 is 2.55 bits per heavy atom. The molecule has 3 rings (SSSR count). The van der Waals surface area contributed by atoms with Crippen LogP contribution in [0.2, 0.25) is 0 Å². The van der Waals surface area contributed by atoms with E-state index >= 15 is 0 Å². The SMILES string of the molecule is CCCn1c(C)cc(/C=C(\C#N)C(=O)Nc2ccc(C)c(S(=O)(=O)N3CCOCC3)c2)c1C. The fraction of sp³-hybridized carbons (Fsp3) is 0.417. The van der Waals surface area contributed by atoms with E-state index in [9.17, 15) is 18.5 Å². The van der Waals surface area contributed by atoms with Crippen molar-refractivity contribution in [2.45, 2.75) is 45.6 Å². The van der Waals surface area contributed by atoms with E-state index in [0.717, 1.165) is 29.9 Å². The van der Waals surface area contributed by atoms with Crippen LogP contribution in [0.5, 0.6) is 0 Å². The molecule has 1 amide bonds. The van der Waals surface area contributed by atoms with E-state index in [2.05, 4.69) is 16.8 Å². The number of aryl methyl sites for hydroxylation is 2. The molecule has 0 atom stereocenters. The molecule has 8 nitrogen and oxygen atoms in total. The molecule has 1 saturated heterocycles. The van der Waals surface area contributed by atoms with E-state index in [-0.39, 0.29) is 23.6 Å². The smallest absolute Gasteiger partial charge is 0.266 e. The van der Waals surface area contributed by atoms with E-state index in [1.165, 1.54) is 10.4 Å². The Morgan fingerprint density at radius 2 is 1.91 bits per heavy atom. The van der Waals surface area contributed by atoms with Crippen molar-refractivity contribution >= 4 is 27.7 Å². The number of morpholine rings is 1. The van der Waals surface area contributed by atoms with Crippen molar-refractivity contribution < 1.29 is 17.9 Å². The fourth-order valence-electron chi connectivity index (χ4n) is 3.93. The second-order valence-corrected chi connectivity index (χ2v) is 10.0. The predicted octanol–water partition coefficient (Wildman–Crippen LogP) is 3.39. The molecule has 176 valence electrons. The predicted molar refractivity (Wildman–Crippen MR) is 127 cm³/mol. The topological polar surface area (TPSA) is 104 Å². The van der Waals surface area contributed by atoms with Crippen LogP contribution in [0, 0.1) is 32.1 Å². The van der Waals surface area contributed by atoms with Gasteiger partial charge in [0.1, 0.15) is 11.6 Å². The van der Waals surface area contributed by atoms with Crippen LogP contribution in [-0.4, -0.2) is 49.5 Å². The average Bonchev–Trinajstić information content (AvgIpc) is 3.06. The lowest BCUT2D eigenvalue weighted by Gasteiger charge is -2.26. The molecule has 2 heterocycles. The Kier molecular flexibility index (Phi) is 7.74. The number of anilines is 1. The second kappa shape index (κ2) is 10.3. The van der Waals surface area contributed by atoms with Gasteiger partial charge < -0.3 is 14.6 Å². The van der Waals surface area contributed by atoms with Crippen LogP contribution in [0.25, 0.3) is 6.08 Å². The summed E-state index contributed by atoms with van der Waals surface area (Å²) in [6.45, 7) is 9.91. The minimum absolute atomic E-state index is 0.0510. The van der Waals surface area contributed by atoms with Crippen molar-refractivity contribution in [1.29, 1.82) is 5.26 Å². The lowest BCUT2D eigenvalue weighted by Crippen LogP contribution is -2.40. The number of hydrogen-bond acceptors (Lipinski definition) is 5. The van der Waals surface area contributed by atoms with Gasteiger partial charge in [-0.1, -0.05) is 13.0 Å². The fourth-order valence-corrected chi connectivity index (χ4v) is 5.58. The van der Waals surface area contributed by atoms with Gasteiger partial charge in [-0.15, -0.1) is 0 Å². The van der Waals surface area contributed by atoms with Crippen molar-refractivity contribution in [2.24, 2.45) is 0 Å². The zero-order chi connectivity index (χ0) is 24.2. The maximum Gasteiger partial charge on any atom is 0.266 e. The van der Waals surface area contributed by atoms with Gasteiger partial charge in [0.25, 0.3) is 5.91 Å². The number of sulfonamides is 1. The number of hydrogen-bond donors (Lipinski definition) is 1. The van der Waals surface area contributed by atoms with Crippen LogP contribution >= 0.6 is 0 Å². The third kappa shape index (κ3) is 5.36. The van der Waals surface area contributed by atoms with Crippen LogP contribution in [0.15, 0.2) is 34.7 Å². The molecular formula is C24H30N4O4S. The van der Waals surface area contributed by atoms with Crippen LogP contribution in [0.1, 0.15) is 35.9 Å². The molecule has 0 spiro atoms. The summed E-state index contributed by atoms with van der Waals surface area (Å²) in [6.07, 6.45) is 2.55. The van der Waals surface area contributed by atoms with Gasteiger partial charge in [-0.05, 0) is 62.6 Å². The summed E-state index contributed by atoms with van der Waals surface area (Å²) in [4.78, 5) is 13.0. The summed E-state index contributed by atoms with van der Waals surface area (Å²) >= 11 is 0. The number of carbonyl (C=O) groups excluding carboxylic acids is 1. The van der Waals surface area contributed by atoms with E-state index < -0.39 is 15.9 Å². The Morgan fingerprint density at radius 1 is 1.21 bits per heavy atom. The quantitative estimate of drug-likeness (QED) is 0.493. The Bertz CT molecular complexity index is 1220. The van der Waals surface area contributed by atoms with Crippen molar-refractivity contribution in [1.82, 2.24) is 8.87 Å². The van der Waals surface area contributed by atoms with E-state index in [0.29, 0.717) is 24.5 Å². The molecule has 1 aliphatic rings. The van der Waals surface area contributed by atoms with E-state index in [4.69, 9.17) is 4.74 Å². The molecule has 0 saturated carbocycles. The van der Waals surface area contributed by atoms with E-state index in [1.807, 2.05) is 26.0 Å². The molecule has 2 aromatic rings. The van der Waals surface area contributed by atoms with Crippen molar-refractivity contribution in [3.63, 3.8) is 0 Å². The van der Waals surface area contributed by atoms with Crippen LogP contribution < -0.4 is 5.32 Å². The molecule has 1 aliphatic heterocycles. The second-order valence-electron chi connectivity index (χ2n) is 8.10. The Balaban J connectivity index is 1.86. The average molecular weight is 471 g/mol. The lowest BCUT2D eigenvalue weighted by molar-refractivity contribution is -0.112. The molecule has 9 heteroatoms. The minimum atomic E-state index is -3.72. The van der Waals surface area contributed by atoms with Crippen molar-refractivity contribution in [3.05, 3.63) is 52.4 Å². The highest BCUT2D eigenvalue weighted by atomic mass is 32.2. The first-order valence-corrected chi connectivity index (χ1v) is 12.4. The number of rotatable bonds is 7. The summed E-state index contributed by atoms with van der Waals surface area (Å²) in [5, 5.41) is 12.3. The maximum absolute atomic E-state index is 13.1. The van der Waals surface area contributed by atoms with Crippen LogP contribution in [0.3, 0.4) is 0 Å². The van der Waals surface area contributed by atoms with Crippen molar-refractivity contribution in [3.8, 4) is 6.07 Å². The molecule has 0 bridgehead atoms. The number of aromatic nitrogens is 1. The van der Waals surface area contributed by atoms with Crippen molar-refractivity contribution in [2.75, 3.05) is 31.6 Å². The van der Waals surface area contributed by atoms with Gasteiger partial charge >= 0.3 is 0 Å². The van der Waals surface area contributed by atoms with Crippen LogP contribution in [0.4, 0.5) is 5.69 Å². The first-order chi connectivity index (χ1) is 15.7. The summed E-state index contributed by atoms with van der Waals surface area (Å²) in [6, 6.07) is 8.65. The van der Waals surface area contributed by atoms with Gasteiger partial charge in [0.15, 0.2) is 0 Å². The molecule has 0 unspecified atom stereocenters. The van der Waals surface area contributed by atoms with Gasteiger partial charge in [0.05, 0.1) is 18.1 Å². The first-order valence-electron chi connectivity index (χ1n) is 11.0. The summed E-state index contributed by atoms with van der Waals surface area (Å²) < 4.78 is 35.0. The third-order valence-corrected chi connectivity index (χ3v) is 7.80. The molecule has 0 aliphatic carbocycles. The summed E-state index contributed by atoms with van der Waals surface area (Å²) in [7, 11) is -3.72. The Hall–Kier alpha value is -2.93. The number of benzene rings is 1. The number of nitriles is 1. The summed E-state index contributed by atoms with van der Waals surface area (Å²) in [5.41, 5.74) is 3.71.